The summed E-state index contributed by atoms with van der Waals surface area (Å²) in [5, 5.41) is 9.26. The lowest BCUT2D eigenvalue weighted by atomic mass is 10.4. The molecule has 78 valence electrons. The van der Waals surface area contributed by atoms with Crippen LogP contribution in [-0.4, -0.2) is 24.4 Å². The summed E-state index contributed by atoms with van der Waals surface area (Å²) in [6.07, 6.45) is 5.75. The second-order valence-electron chi connectivity index (χ2n) is 2.54. The zero-order valence-corrected chi connectivity index (χ0v) is 8.67. The van der Waals surface area contributed by atoms with E-state index in [-0.39, 0.29) is 13.2 Å². The molecule has 14 heavy (non-hydrogen) atoms. The molecular formula is C11H16O3. The van der Waals surface area contributed by atoms with Crippen molar-refractivity contribution in [3.05, 3.63) is 0 Å². The summed E-state index contributed by atoms with van der Waals surface area (Å²) in [5.74, 6) is 5.46. The molecule has 3 nitrogen and oxygen atoms in total. The SMILES string of the molecule is CCC#COCC(O)COC#CCC. The van der Waals surface area contributed by atoms with Gasteiger partial charge >= 0.3 is 0 Å². The van der Waals surface area contributed by atoms with Crippen LogP contribution in [0.3, 0.4) is 0 Å². The minimum absolute atomic E-state index is 0.154. The van der Waals surface area contributed by atoms with Crippen molar-refractivity contribution in [1.29, 1.82) is 0 Å². The van der Waals surface area contributed by atoms with Gasteiger partial charge in [-0.1, -0.05) is 25.7 Å². The fourth-order valence-electron chi connectivity index (χ4n) is 0.570. The summed E-state index contributed by atoms with van der Waals surface area (Å²) in [6, 6.07) is 0. The molecule has 0 radical (unpaired) electrons. The van der Waals surface area contributed by atoms with Crippen LogP contribution in [0.4, 0.5) is 0 Å². The maximum Gasteiger partial charge on any atom is 0.129 e. The molecule has 0 aromatic rings. The van der Waals surface area contributed by atoms with Crippen LogP contribution >= 0.6 is 0 Å². The Kier molecular flexibility index (Phi) is 8.84. The van der Waals surface area contributed by atoms with E-state index >= 15 is 0 Å². The van der Waals surface area contributed by atoms with E-state index in [0.717, 1.165) is 12.8 Å². The van der Waals surface area contributed by atoms with Crippen LogP contribution in [0.2, 0.25) is 0 Å². The van der Waals surface area contributed by atoms with Crippen molar-refractivity contribution in [2.24, 2.45) is 0 Å². The zero-order chi connectivity index (χ0) is 10.6. The monoisotopic (exact) mass is 196 g/mol. The van der Waals surface area contributed by atoms with E-state index in [0.29, 0.717) is 0 Å². The highest BCUT2D eigenvalue weighted by Crippen LogP contribution is 1.86. The van der Waals surface area contributed by atoms with Gasteiger partial charge in [0.1, 0.15) is 31.5 Å². The summed E-state index contributed by atoms with van der Waals surface area (Å²) in [7, 11) is 0. The van der Waals surface area contributed by atoms with Gasteiger partial charge in [-0.2, -0.15) is 0 Å². The van der Waals surface area contributed by atoms with Crippen LogP contribution in [0.5, 0.6) is 0 Å². The van der Waals surface area contributed by atoms with Crippen LogP contribution in [-0.2, 0) is 9.47 Å². The third-order valence-corrected chi connectivity index (χ3v) is 1.19. The molecular weight excluding hydrogens is 180 g/mol. The highest BCUT2D eigenvalue weighted by atomic mass is 16.5. The normalized spacial score (nSPS) is 8.29. The number of rotatable bonds is 4. The Hall–Kier alpha value is -1.32. The maximum atomic E-state index is 9.26. The first kappa shape index (κ1) is 12.7. The van der Waals surface area contributed by atoms with E-state index in [4.69, 9.17) is 9.47 Å². The van der Waals surface area contributed by atoms with Gasteiger partial charge in [0, 0.05) is 12.8 Å². The van der Waals surface area contributed by atoms with E-state index in [1.165, 1.54) is 0 Å². The molecule has 0 heterocycles. The van der Waals surface area contributed by atoms with Crippen molar-refractivity contribution in [1.82, 2.24) is 0 Å². The van der Waals surface area contributed by atoms with Gasteiger partial charge in [0.15, 0.2) is 0 Å². The molecule has 0 fully saturated rings. The van der Waals surface area contributed by atoms with E-state index < -0.39 is 6.10 Å². The Morgan fingerprint density at radius 3 is 1.79 bits per heavy atom. The number of hydrogen-bond acceptors (Lipinski definition) is 3. The molecule has 0 aromatic heterocycles. The van der Waals surface area contributed by atoms with Gasteiger partial charge in [0.25, 0.3) is 0 Å². The van der Waals surface area contributed by atoms with Crippen molar-refractivity contribution in [2.45, 2.75) is 32.8 Å². The highest BCUT2D eigenvalue weighted by molar-refractivity contribution is 4.90. The third kappa shape index (κ3) is 8.77. The van der Waals surface area contributed by atoms with Gasteiger partial charge in [-0.05, 0) is 0 Å². The number of aliphatic hydroxyl groups is 1. The summed E-state index contributed by atoms with van der Waals surface area (Å²) >= 11 is 0. The second kappa shape index (κ2) is 9.77. The fourth-order valence-corrected chi connectivity index (χ4v) is 0.570. The molecule has 0 saturated carbocycles. The molecule has 3 heteroatoms. The summed E-state index contributed by atoms with van der Waals surface area (Å²) < 4.78 is 9.71. The van der Waals surface area contributed by atoms with Crippen molar-refractivity contribution < 1.29 is 14.6 Å². The molecule has 0 amide bonds. The average molecular weight is 196 g/mol. The third-order valence-electron chi connectivity index (χ3n) is 1.19. The first-order valence-electron chi connectivity index (χ1n) is 4.68. The summed E-state index contributed by atoms with van der Waals surface area (Å²) in [4.78, 5) is 0. The molecule has 0 aliphatic rings. The first-order valence-corrected chi connectivity index (χ1v) is 4.68. The molecule has 0 unspecified atom stereocenters. The minimum atomic E-state index is -0.674. The lowest BCUT2D eigenvalue weighted by molar-refractivity contribution is 0.0434. The van der Waals surface area contributed by atoms with Crippen molar-refractivity contribution >= 4 is 0 Å². The lowest BCUT2D eigenvalue weighted by Crippen LogP contribution is -2.19. The fraction of sp³-hybridized carbons (Fsp3) is 0.636. The minimum Gasteiger partial charge on any atom is -0.444 e. The number of hydrogen-bond donors (Lipinski definition) is 1. The lowest BCUT2D eigenvalue weighted by Gasteiger charge is -2.05. The van der Waals surface area contributed by atoms with Crippen molar-refractivity contribution in [2.75, 3.05) is 13.2 Å². The smallest absolute Gasteiger partial charge is 0.129 e. The quantitative estimate of drug-likeness (QED) is 0.685. The molecule has 0 aliphatic heterocycles. The molecule has 0 bridgehead atoms. The number of aliphatic hydroxyl groups excluding tert-OH is 1. The van der Waals surface area contributed by atoms with Gasteiger partial charge in [-0.25, -0.2) is 0 Å². The van der Waals surface area contributed by atoms with E-state index in [1.54, 1.807) is 0 Å². The molecule has 0 aliphatic carbocycles. The second-order valence-corrected chi connectivity index (χ2v) is 2.54. The van der Waals surface area contributed by atoms with E-state index in [2.05, 4.69) is 24.1 Å². The van der Waals surface area contributed by atoms with Crippen molar-refractivity contribution in [3.8, 4) is 24.1 Å². The van der Waals surface area contributed by atoms with Crippen molar-refractivity contribution in [3.63, 3.8) is 0 Å². The van der Waals surface area contributed by atoms with Gasteiger partial charge in [0.2, 0.25) is 0 Å². The molecule has 0 rings (SSSR count). The Balaban J connectivity index is 3.41. The Morgan fingerprint density at radius 1 is 1.00 bits per heavy atom. The zero-order valence-electron chi connectivity index (χ0n) is 8.67. The molecule has 0 spiro atoms. The van der Waals surface area contributed by atoms with Gasteiger partial charge < -0.3 is 14.6 Å². The molecule has 0 atom stereocenters. The Bertz CT molecular complexity index is 213. The molecule has 0 aromatic carbocycles. The van der Waals surface area contributed by atoms with E-state index in [9.17, 15) is 5.11 Å². The Labute approximate surface area is 85.4 Å². The molecule has 1 N–H and O–H groups in total. The maximum absolute atomic E-state index is 9.26. The topological polar surface area (TPSA) is 38.7 Å². The largest absolute Gasteiger partial charge is 0.444 e. The standard InChI is InChI=1S/C11H16O3/c1-3-5-7-13-9-11(12)10-14-8-6-4-2/h11-12H,3-4,9-10H2,1-2H3. The van der Waals surface area contributed by atoms with Crippen LogP contribution in [0.15, 0.2) is 0 Å². The van der Waals surface area contributed by atoms with Gasteiger partial charge in [-0.15, -0.1) is 0 Å². The summed E-state index contributed by atoms with van der Waals surface area (Å²) in [6.45, 7) is 4.16. The van der Waals surface area contributed by atoms with E-state index in [1.807, 2.05) is 13.8 Å². The van der Waals surface area contributed by atoms with Gasteiger partial charge in [0.05, 0.1) is 0 Å². The highest BCUT2D eigenvalue weighted by Gasteiger charge is 2.02. The predicted octanol–water partition coefficient (Wildman–Crippen LogP) is 1.12. The van der Waals surface area contributed by atoms with Gasteiger partial charge in [-0.3, -0.25) is 0 Å². The predicted molar refractivity (Wildman–Crippen MR) is 54.0 cm³/mol. The number of ether oxygens (including phenoxy) is 2. The van der Waals surface area contributed by atoms with Crippen LogP contribution in [0.25, 0.3) is 0 Å². The first-order chi connectivity index (χ1) is 6.81. The molecule has 0 saturated heterocycles. The Morgan fingerprint density at radius 2 is 1.43 bits per heavy atom. The summed E-state index contributed by atoms with van der Waals surface area (Å²) in [5.41, 5.74) is 0. The van der Waals surface area contributed by atoms with Crippen LogP contribution < -0.4 is 0 Å². The van der Waals surface area contributed by atoms with Crippen LogP contribution in [0, 0.1) is 24.1 Å². The average Bonchev–Trinajstić information content (AvgIpc) is 2.19. The van der Waals surface area contributed by atoms with Crippen LogP contribution in [0.1, 0.15) is 26.7 Å².